The Hall–Kier alpha value is -1.23. The lowest BCUT2D eigenvalue weighted by Crippen LogP contribution is -2.22. The third-order valence-electron chi connectivity index (χ3n) is 2.85. The summed E-state index contributed by atoms with van der Waals surface area (Å²) >= 11 is 15.6. The number of benzene rings is 2. The number of halogens is 3. The molecular weight excluding hydrogens is 375 g/mol. The van der Waals surface area contributed by atoms with Gasteiger partial charge in [0.05, 0.1) is 22.3 Å². The fourth-order valence-electron chi connectivity index (χ4n) is 1.70. The van der Waals surface area contributed by atoms with Gasteiger partial charge in [-0.25, -0.2) is 0 Å². The smallest absolute Gasteiger partial charge is 0.243 e. The zero-order chi connectivity index (χ0) is 15.4. The van der Waals surface area contributed by atoms with Crippen molar-refractivity contribution in [1.82, 2.24) is 0 Å². The maximum absolute atomic E-state index is 12.0. The standard InChI is InChI=1S/C15H13BrCl2N2O/c1-9-2-7-12(17)15(14(9)18)20-13(21)8-19-11-5-3-10(16)4-6-11/h2-7,19H,8H2,1H3,(H,20,21). The maximum Gasteiger partial charge on any atom is 0.243 e. The van der Waals surface area contributed by atoms with Gasteiger partial charge in [0.2, 0.25) is 5.91 Å². The molecule has 110 valence electrons. The normalized spacial score (nSPS) is 10.3. The largest absolute Gasteiger partial charge is 0.376 e. The molecule has 0 saturated heterocycles. The molecule has 2 aromatic rings. The molecular formula is C15H13BrCl2N2O. The molecule has 6 heteroatoms. The van der Waals surface area contributed by atoms with Crippen molar-refractivity contribution in [3.05, 3.63) is 56.5 Å². The van der Waals surface area contributed by atoms with E-state index in [4.69, 9.17) is 23.2 Å². The van der Waals surface area contributed by atoms with Crippen molar-refractivity contribution in [2.75, 3.05) is 17.2 Å². The number of rotatable bonds is 4. The number of hydrogen-bond acceptors (Lipinski definition) is 2. The van der Waals surface area contributed by atoms with Crippen molar-refractivity contribution in [2.45, 2.75) is 6.92 Å². The monoisotopic (exact) mass is 386 g/mol. The molecule has 0 aliphatic heterocycles. The highest BCUT2D eigenvalue weighted by molar-refractivity contribution is 9.10. The fourth-order valence-corrected chi connectivity index (χ4v) is 2.43. The third kappa shape index (κ3) is 4.37. The Kier molecular flexibility index (Phi) is 5.51. The topological polar surface area (TPSA) is 41.1 Å². The summed E-state index contributed by atoms with van der Waals surface area (Å²) < 4.78 is 0.982. The van der Waals surface area contributed by atoms with Crippen LogP contribution in [-0.2, 0) is 4.79 Å². The minimum atomic E-state index is -0.215. The van der Waals surface area contributed by atoms with Gasteiger partial charge in [-0.05, 0) is 42.8 Å². The van der Waals surface area contributed by atoms with Gasteiger partial charge in [0.15, 0.2) is 0 Å². The third-order valence-corrected chi connectivity index (χ3v) is 4.18. The van der Waals surface area contributed by atoms with E-state index in [9.17, 15) is 4.79 Å². The fraction of sp³-hybridized carbons (Fsp3) is 0.133. The average Bonchev–Trinajstić information content (AvgIpc) is 2.47. The quantitative estimate of drug-likeness (QED) is 0.764. The molecule has 0 aromatic heterocycles. The number of aryl methyl sites for hydroxylation is 1. The van der Waals surface area contributed by atoms with Crippen LogP contribution < -0.4 is 10.6 Å². The lowest BCUT2D eigenvalue weighted by molar-refractivity contribution is -0.114. The van der Waals surface area contributed by atoms with Gasteiger partial charge in [0, 0.05) is 10.2 Å². The van der Waals surface area contributed by atoms with Crippen LogP contribution in [0.4, 0.5) is 11.4 Å². The molecule has 0 aliphatic rings. The first-order chi connectivity index (χ1) is 9.97. The van der Waals surface area contributed by atoms with E-state index in [-0.39, 0.29) is 12.5 Å². The highest BCUT2D eigenvalue weighted by Gasteiger charge is 2.11. The van der Waals surface area contributed by atoms with E-state index < -0.39 is 0 Å². The SMILES string of the molecule is Cc1ccc(Cl)c(NC(=O)CNc2ccc(Br)cc2)c1Cl. The Bertz CT molecular complexity index is 659. The summed E-state index contributed by atoms with van der Waals surface area (Å²) in [5.41, 5.74) is 2.16. The summed E-state index contributed by atoms with van der Waals surface area (Å²) in [6.07, 6.45) is 0. The first kappa shape index (κ1) is 16.1. The molecule has 0 bridgehead atoms. The van der Waals surface area contributed by atoms with Crippen LogP contribution in [0.15, 0.2) is 40.9 Å². The predicted octanol–water partition coefficient (Wildman–Crippen LogP) is 5.11. The first-order valence-electron chi connectivity index (χ1n) is 6.21. The van der Waals surface area contributed by atoms with E-state index >= 15 is 0 Å². The van der Waals surface area contributed by atoms with Crippen LogP contribution in [0.3, 0.4) is 0 Å². The van der Waals surface area contributed by atoms with Crippen molar-refractivity contribution < 1.29 is 4.79 Å². The molecule has 0 aliphatic carbocycles. The number of amides is 1. The number of hydrogen-bond donors (Lipinski definition) is 2. The Balaban J connectivity index is 1.99. The second-order valence-electron chi connectivity index (χ2n) is 4.46. The Morgan fingerprint density at radius 2 is 1.81 bits per heavy atom. The minimum Gasteiger partial charge on any atom is -0.376 e. The molecule has 0 saturated carbocycles. The van der Waals surface area contributed by atoms with Crippen LogP contribution >= 0.6 is 39.1 Å². The zero-order valence-corrected chi connectivity index (χ0v) is 14.3. The molecule has 0 spiro atoms. The van der Waals surface area contributed by atoms with Gasteiger partial charge in [-0.1, -0.05) is 45.2 Å². The van der Waals surface area contributed by atoms with Crippen molar-refractivity contribution >= 4 is 56.4 Å². The Morgan fingerprint density at radius 1 is 1.14 bits per heavy atom. The van der Waals surface area contributed by atoms with Crippen molar-refractivity contribution in [1.29, 1.82) is 0 Å². The van der Waals surface area contributed by atoms with Crippen LogP contribution in [-0.4, -0.2) is 12.5 Å². The summed E-state index contributed by atoms with van der Waals surface area (Å²) in [4.78, 5) is 12.0. The number of carbonyl (C=O) groups is 1. The molecule has 21 heavy (non-hydrogen) atoms. The summed E-state index contributed by atoms with van der Waals surface area (Å²) in [6, 6.07) is 11.1. The molecule has 0 unspecified atom stereocenters. The highest BCUT2D eigenvalue weighted by atomic mass is 79.9. The van der Waals surface area contributed by atoms with Crippen molar-refractivity contribution in [3.8, 4) is 0 Å². The lowest BCUT2D eigenvalue weighted by Gasteiger charge is -2.12. The molecule has 2 rings (SSSR count). The molecule has 0 radical (unpaired) electrons. The summed E-state index contributed by atoms with van der Waals surface area (Å²) in [5, 5.41) is 6.63. The molecule has 0 fully saturated rings. The molecule has 0 atom stereocenters. The van der Waals surface area contributed by atoms with Crippen LogP contribution in [0.25, 0.3) is 0 Å². The molecule has 1 amide bonds. The van der Waals surface area contributed by atoms with Gasteiger partial charge in [-0.2, -0.15) is 0 Å². The highest BCUT2D eigenvalue weighted by Crippen LogP contribution is 2.32. The van der Waals surface area contributed by atoms with Crippen LogP contribution in [0.1, 0.15) is 5.56 Å². The lowest BCUT2D eigenvalue weighted by atomic mass is 10.2. The molecule has 2 N–H and O–H groups in total. The zero-order valence-electron chi connectivity index (χ0n) is 11.2. The maximum atomic E-state index is 12.0. The summed E-state index contributed by atoms with van der Waals surface area (Å²) in [7, 11) is 0. The van der Waals surface area contributed by atoms with Crippen LogP contribution in [0.5, 0.6) is 0 Å². The summed E-state index contributed by atoms with van der Waals surface area (Å²) in [5.74, 6) is -0.215. The minimum absolute atomic E-state index is 0.127. The first-order valence-corrected chi connectivity index (χ1v) is 7.76. The molecule has 2 aromatic carbocycles. The van der Waals surface area contributed by atoms with E-state index in [1.807, 2.05) is 31.2 Å². The second-order valence-corrected chi connectivity index (χ2v) is 6.16. The van der Waals surface area contributed by atoms with Crippen molar-refractivity contribution in [3.63, 3.8) is 0 Å². The Labute approximate surface area is 141 Å². The van der Waals surface area contributed by atoms with Gasteiger partial charge in [-0.3, -0.25) is 4.79 Å². The van der Waals surface area contributed by atoms with Crippen LogP contribution in [0.2, 0.25) is 10.0 Å². The van der Waals surface area contributed by atoms with E-state index in [1.165, 1.54) is 0 Å². The van der Waals surface area contributed by atoms with Gasteiger partial charge < -0.3 is 10.6 Å². The molecule has 3 nitrogen and oxygen atoms in total. The predicted molar refractivity (Wildman–Crippen MR) is 92.5 cm³/mol. The van der Waals surface area contributed by atoms with E-state index in [2.05, 4.69) is 26.6 Å². The van der Waals surface area contributed by atoms with Gasteiger partial charge in [0.25, 0.3) is 0 Å². The number of anilines is 2. The van der Waals surface area contributed by atoms with Gasteiger partial charge >= 0.3 is 0 Å². The van der Waals surface area contributed by atoms with E-state index in [1.54, 1.807) is 12.1 Å². The number of nitrogens with one attached hydrogen (secondary N) is 2. The van der Waals surface area contributed by atoms with E-state index in [0.29, 0.717) is 15.7 Å². The summed E-state index contributed by atoms with van der Waals surface area (Å²) in [6.45, 7) is 1.98. The molecule has 0 heterocycles. The number of carbonyl (C=O) groups excluding carboxylic acids is 1. The van der Waals surface area contributed by atoms with Crippen LogP contribution in [0, 0.1) is 6.92 Å². The van der Waals surface area contributed by atoms with Gasteiger partial charge in [0.1, 0.15) is 0 Å². The average molecular weight is 388 g/mol. The van der Waals surface area contributed by atoms with E-state index in [0.717, 1.165) is 15.7 Å². The Morgan fingerprint density at radius 3 is 2.48 bits per heavy atom. The van der Waals surface area contributed by atoms with Crippen molar-refractivity contribution in [2.24, 2.45) is 0 Å². The second kappa shape index (κ2) is 7.16. The van der Waals surface area contributed by atoms with Gasteiger partial charge in [-0.15, -0.1) is 0 Å².